The maximum absolute atomic E-state index is 12.2. The van der Waals surface area contributed by atoms with Gasteiger partial charge < -0.3 is 10.6 Å². The molecule has 0 saturated heterocycles. The number of rotatable bonds is 3. The maximum Gasteiger partial charge on any atom is 0.237 e. The van der Waals surface area contributed by atoms with Crippen LogP contribution in [0.3, 0.4) is 0 Å². The van der Waals surface area contributed by atoms with Crippen molar-refractivity contribution >= 4 is 17.2 Å². The van der Waals surface area contributed by atoms with Gasteiger partial charge in [-0.2, -0.15) is 0 Å². The van der Waals surface area contributed by atoms with Gasteiger partial charge in [0.05, 0.1) is 12.6 Å². The second-order valence-corrected chi connectivity index (χ2v) is 6.31. The Morgan fingerprint density at radius 2 is 2.25 bits per heavy atom. The van der Waals surface area contributed by atoms with Crippen LogP contribution >= 0.6 is 11.3 Å². The van der Waals surface area contributed by atoms with E-state index >= 15 is 0 Å². The van der Waals surface area contributed by atoms with Crippen molar-refractivity contribution in [2.45, 2.75) is 32.5 Å². The molecule has 2 N–H and O–H groups in total. The molecule has 0 bridgehead atoms. The number of aryl methyl sites for hydroxylation is 1. The number of fused-ring (bicyclic) bond motifs is 1. The summed E-state index contributed by atoms with van der Waals surface area (Å²) >= 11 is 1.62. The highest BCUT2D eigenvalue weighted by molar-refractivity contribution is 7.11. The summed E-state index contributed by atoms with van der Waals surface area (Å²) in [6, 6.07) is 8.12. The second kappa shape index (κ2) is 5.73. The number of thiazole rings is 1. The van der Waals surface area contributed by atoms with E-state index in [2.05, 4.69) is 27.8 Å². The Kier molecular flexibility index (Phi) is 3.80. The Morgan fingerprint density at radius 3 is 3.00 bits per heavy atom. The molecule has 2 heterocycles. The molecular formula is C15H17N3OS. The smallest absolute Gasteiger partial charge is 0.237 e. The third-order valence-electron chi connectivity index (χ3n) is 3.48. The summed E-state index contributed by atoms with van der Waals surface area (Å²) in [5.41, 5.74) is 2.54. The number of hydrogen-bond acceptors (Lipinski definition) is 4. The van der Waals surface area contributed by atoms with E-state index in [1.54, 1.807) is 11.3 Å². The first-order valence-electron chi connectivity index (χ1n) is 6.71. The average molecular weight is 287 g/mol. The van der Waals surface area contributed by atoms with E-state index in [1.807, 2.05) is 25.3 Å². The fourth-order valence-electron chi connectivity index (χ4n) is 2.41. The third-order valence-corrected chi connectivity index (χ3v) is 4.39. The van der Waals surface area contributed by atoms with Gasteiger partial charge in [-0.25, -0.2) is 4.98 Å². The quantitative estimate of drug-likeness (QED) is 0.905. The van der Waals surface area contributed by atoms with Gasteiger partial charge in [0, 0.05) is 17.6 Å². The van der Waals surface area contributed by atoms with Crippen molar-refractivity contribution in [3.63, 3.8) is 0 Å². The molecule has 1 aliphatic heterocycles. The number of hydrogen-bond donors (Lipinski definition) is 2. The van der Waals surface area contributed by atoms with Crippen LogP contribution in [0.25, 0.3) is 0 Å². The highest BCUT2D eigenvalue weighted by Gasteiger charge is 2.23. The lowest BCUT2D eigenvalue weighted by atomic mass is 9.95. The number of aromatic nitrogens is 1. The Bertz CT molecular complexity index is 623. The fourth-order valence-corrected chi connectivity index (χ4v) is 3.14. The lowest BCUT2D eigenvalue weighted by Crippen LogP contribution is -2.47. The first-order chi connectivity index (χ1) is 9.72. The lowest BCUT2D eigenvalue weighted by molar-refractivity contribution is -0.123. The Balaban J connectivity index is 1.59. The molecule has 0 saturated carbocycles. The molecule has 20 heavy (non-hydrogen) atoms. The number of benzene rings is 1. The molecule has 1 aliphatic rings. The van der Waals surface area contributed by atoms with Crippen molar-refractivity contribution in [1.82, 2.24) is 15.6 Å². The van der Waals surface area contributed by atoms with E-state index in [1.165, 1.54) is 16.0 Å². The number of nitrogens with zero attached hydrogens (tertiary/aromatic N) is 1. The molecule has 0 unspecified atom stereocenters. The van der Waals surface area contributed by atoms with E-state index in [0.717, 1.165) is 18.0 Å². The monoisotopic (exact) mass is 287 g/mol. The average Bonchev–Trinajstić information content (AvgIpc) is 2.90. The molecule has 0 fully saturated rings. The van der Waals surface area contributed by atoms with Crippen LogP contribution in [0.1, 0.15) is 21.0 Å². The SMILES string of the molecule is Cc1cnc(CNC(=O)[C@@H]2Cc3ccccc3CN2)s1. The normalized spacial score (nSPS) is 17.6. The highest BCUT2D eigenvalue weighted by atomic mass is 32.1. The van der Waals surface area contributed by atoms with Crippen molar-refractivity contribution in [2.75, 3.05) is 0 Å². The summed E-state index contributed by atoms with van der Waals surface area (Å²) in [7, 11) is 0. The van der Waals surface area contributed by atoms with E-state index in [9.17, 15) is 4.79 Å². The van der Waals surface area contributed by atoms with Gasteiger partial charge in [0.25, 0.3) is 0 Å². The molecule has 5 heteroatoms. The molecule has 1 aromatic carbocycles. The molecule has 1 atom stereocenters. The molecular weight excluding hydrogens is 270 g/mol. The molecule has 0 radical (unpaired) electrons. The van der Waals surface area contributed by atoms with Crippen LogP contribution in [0.5, 0.6) is 0 Å². The Hall–Kier alpha value is -1.72. The Labute approximate surface area is 122 Å². The summed E-state index contributed by atoms with van der Waals surface area (Å²) in [6.07, 6.45) is 2.58. The van der Waals surface area contributed by atoms with Crippen LogP contribution in [-0.4, -0.2) is 16.9 Å². The largest absolute Gasteiger partial charge is 0.348 e. The van der Waals surface area contributed by atoms with E-state index in [-0.39, 0.29) is 11.9 Å². The minimum Gasteiger partial charge on any atom is -0.348 e. The van der Waals surface area contributed by atoms with Crippen LogP contribution in [0, 0.1) is 6.92 Å². The van der Waals surface area contributed by atoms with Gasteiger partial charge in [-0.3, -0.25) is 4.79 Å². The summed E-state index contributed by atoms with van der Waals surface area (Å²) in [5.74, 6) is 0.0485. The second-order valence-electron chi connectivity index (χ2n) is 4.99. The number of nitrogens with one attached hydrogen (secondary N) is 2. The number of amides is 1. The minimum atomic E-state index is -0.147. The van der Waals surface area contributed by atoms with Crippen molar-refractivity contribution in [1.29, 1.82) is 0 Å². The minimum absolute atomic E-state index is 0.0485. The van der Waals surface area contributed by atoms with Crippen LogP contribution in [0.2, 0.25) is 0 Å². The van der Waals surface area contributed by atoms with Crippen LogP contribution in [0.4, 0.5) is 0 Å². The summed E-state index contributed by atoms with van der Waals surface area (Å²) in [5, 5.41) is 7.20. The summed E-state index contributed by atoms with van der Waals surface area (Å²) in [6.45, 7) is 3.28. The summed E-state index contributed by atoms with van der Waals surface area (Å²) < 4.78 is 0. The van der Waals surface area contributed by atoms with Gasteiger partial charge in [0.2, 0.25) is 5.91 Å². The molecule has 0 aliphatic carbocycles. The molecule has 1 amide bonds. The van der Waals surface area contributed by atoms with Gasteiger partial charge in [-0.05, 0) is 24.5 Å². The zero-order valence-corrected chi connectivity index (χ0v) is 12.2. The van der Waals surface area contributed by atoms with Gasteiger partial charge in [-0.15, -0.1) is 11.3 Å². The Morgan fingerprint density at radius 1 is 1.45 bits per heavy atom. The number of carbonyl (C=O) groups is 1. The third kappa shape index (κ3) is 2.89. The molecule has 2 aromatic rings. The fraction of sp³-hybridized carbons (Fsp3) is 0.333. The van der Waals surface area contributed by atoms with E-state index in [0.29, 0.717) is 6.54 Å². The molecule has 104 valence electrons. The molecule has 4 nitrogen and oxygen atoms in total. The molecule has 3 rings (SSSR count). The van der Waals surface area contributed by atoms with Crippen molar-refractivity contribution in [3.8, 4) is 0 Å². The summed E-state index contributed by atoms with van der Waals surface area (Å²) in [4.78, 5) is 17.6. The first-order valence-corrected chi connectivity index (χ1v) is 7.53. The molecule has 1 aromatic heterocycles. The van der Waals surface area contributed by atoms with Gasteiger partial charge in [0.1, 0.15) is 5.01 Å². The highest BCUT2D eigenvalue weighted by Crippen LogP contribution is 2.16. The predicted octanol–water partition coefficient (Wildman–Crippen LogP) is 1.78. The standard InChI is InChI=1S/C15H17N3OS/c1-10-7-17-14(20-10)9-18-15(19)13-6-11-4-2-3-5-12(11)8-16-13/h2-5,7,13,16H,6,8-9H2,1H3,(H,18,19)/t13-/m0/s1. The number of carbonyl (C=O) groups excluding carboxylic acids is 1. The van der Waals surface area contributed by atoms with Crippen LogP contribution in [0.15, 0.2) is 30.5 Å². The topological polar surface area (TPSA) is 54.0 Å². The lowest BCUT2D eigenvalue weighted by Gasteiger charge is -2.25. The van der Waals surface area contributed by atoms with Gasteiger partial charge >= 0.3 is 0 Å². The zero-order valence-electron chi connectivity index (χ0n) is 11.3. The van der Waals surface area contributed by atoms with Crippen LogP contribution < -0.4 is 10.6 Å². The van der Waals surface area contributed by atoms with Crippen molar-refractivity contribution in [2.24, 2.45) is 0 Å². The predicted molar refractivity (Wildman–Crippen MR) is 79.5 cm³/mol. The molecule has 0 spiro atoms. The van der Waals surface area contributed by atoms with E-state index < -0.39 is 0 Å². The van der Waals surface area contributed by atoms with Gasteiger partial charge in [0.15, 0.2) is 0 Å². The first kappa shape index (κ1) is 13.3. The van der Waals surface area contributed by atoms with Crippen molar-refractivity contribution < 1.29 is 4.79 Å². The zero-order chi connectivity index (χ0) is 13.9. The van der Waals surface area contributed by atoms with Crippen LogP contribution in [-0.2, 0) is 24.3 Å². The van der Waals surface area contributed by atoms with Gasteiger partial charge in [-0.1, -0.05) is 24.3 Å². The maximum atomic E-state index is 12.2. The van der Waals surface area contributed by atoms with E-state index in [4.69, 9.17) is 0 Å². The van der Waals surface area contributed by atoms with Crippen molar-refractivity contribution in [3.05, 3.63) is 51.5 Å².